The van der Waals surface area contributed by atoms with Gasteiger partial charge in [0.05, 0.1) is 23.9 Å². The van der Waals surface area contributed by atoms with Crippen molar-refractivity contribution in [3.05, 3.63) is 53.5 Å². The third-order valence-corrected chi connectivity index (χ3v) is 3.61. The van der Waals surface area contributed by atoms with Crippen molar-refractivity contribution < 1.29 is 0 Å². The van der Waals surface area contributed by atoms with E-state index in [1.807, 2.05) is 18.5 Å². The number of hydrazine groups is 1. The topological polar surface area (TPSA) is 68.8 Å². The highest BCUT2D eigenvalue weighted by Crippen LogP contribution is 2.20. The number of hydrogen-bond acceptors (Lipinski definition) is 4. The highest BCUT2D eigenvalue weighted by atomic mass is 15.3. The second kappa shape index (κ2) is 4.94. The number of aryl methyl sites for hydroxylation is 2. The van der Waals surface area contributed by atoms with E-state index in [0.717, 1.165) is 16.6 Å². The minimum absolute atomic E-state index is 0.687. The van der Waals surface area contributed by atoms with Gasteiger partial charge < -0.3 is 9.99 Å². The van der Waals surface area contributed by atoms with E-state index in [9.17, 15) is 0 Å². The molecule has 5 heteroatoms. The molecule has 0 saturated heterocycles. The molecule has 0 bridgehead atoms. The zero-order chi connectivity index (χ0) is 14.1. The van der Waals surface area contributed by atoms with Crippen LogP contribution < -0.4 is 11.3 Å². The van der Waals surface area contributed by atoms with Gasteiger partial charge in [0, 0.05) is 11.8 Å². The minimum Gasteiger partial charge on any atom is -0.326 e. The van der Waals surface area contributed by atoms with Crippen LogP contribution >= 0.6 is 0 Å². The lowest BCUT2D eigenvalue weighted by Crippen LogP contribution is -2.12. The van der Waals surface area contributed by atoms with E-state index < -0.39 is 0 Å². The van der Waals surface area contributed by atoms with Crippen molar-refractivity contribution in [2.75, 3.05) is 5.43 Å². The summed E-state index contributed by atoms with van der Waals surface area (Å²) in [4.78, 5) is 8.68. The number of hydrogen-bond donors (Lipinski definition) is 2. The van der Waals surface area contributed by atoms with Crippen molar-refractivity contribution in [3.8, 4) is 0 Å². The van der Waals surface area contributed by atoms with E-state index in [0.29, 0.717) is 12.4 Å². The third-order valence-electron chi connectivity index (χ3n) is 3.61. The number of benzene rings is 1. The van der Waals surface area contributed by atoms with Gasteiger partial charge in [0.25, 0.3) is 0 Å². The van der Waals surface area contributed by atoms with Crippen LogP contribution in [0.3, 0.4) is 0 Å². The van der Waals surface area contributed by atoms with Crippen LogP contribution in [0.1, 0.15) is 16.7 Å². The van der Waals surface area contributed by atoms with E-state index in [1.54, 1.807) is 6.20 Å². The Labute approximate surface area is 117 Å². The van der Waals surface area contributed by atoms with Crippen molar-refractivity contribution in [1.29, 1.82) is 0 Å². The van der Waals surface area contributed by atoms with Crippen molar-refractivity contribution in [2.24, 2.45) is 5.84 Å². The number of nitrogens with two attached hydrogens (primary N) is 1. The average Bonchev–Trinajstić information content (AvgIpc) is 2.82. The average molecular weight is 267 g/mol. The highest BCUT2D eigenvalue weighted by Gasteiger charge is 2.08. The number of rotatable bonds is 3. The lowest BCUT2D eigenvalue weighted by atomic mass is 10.1. The first kappa shape index (κ1) is 12.6. The van der Waals surface area contributed by atoms with Gasteiger partial charge in [0.2, 0.25) is 0 Å². The fraction of sp³-hybridized carbons (Fsp3) is 0.200. The van der Waals surface area contributed by atoms with Gasteiger partial charge in [0.1, 0.15) is 5.82 Å². The number of nitrogens with one attached hydrogen (secondary N) is 1. The van der Waals surface area contributed by atoms with Gasteiger partial charge in [0.15, 0.2) is 0 Å². The molecule has 20 heavy (non-hydrogen) atoms. The van der Waals surface area contributed by atoms with Crippen LogP contribution in [0, 0.1) is 13.8 Å². The molecule has 0 amide bonds. The predicted molar refractivity (Wildman–Crippen MR) is 80.4 cm³/mol. The Balaban J connectivity index is 2.05. The number of pyridine rings is 1. The van der Waals surface area contributed by atoms with E-state index in [2.05, 4.69) is 45.9 Å². The van der Waals surface area contributed by atoms with Crippen LogP contribution in [-0.2, 0) is 6.54 Å². The molecular weight excluding hydrogens is 250 g/mol. The molecule has 102 valence electrons. The third kappa shape index (κ3) is 2.12. The lowest BCUT2D eigenvalue weighted by molar-refractivity contribution is 0.820. The van der Waals surface area contributed by atoms with E-state index in [1.165, 1.54) is 11.1 Å². The summed E-state index contributed by atoms with van der Waals surface area (Å²) in [5, 5.41) is 0. The van der Waals surface area contributed by atoms with Crippen LogP contribution in [0.2, 0.25) is 0 Å². The molecule has 2 aromatic heterocycles. The summed E-state index contributed by atoms with van der Waals surface area (Å²) in [5.41, 5.74) is 8.33. The van der Waals surface area contributed by atoms with E-state index in [-0.39, 0.29) is 0 Å². The van der Waals surface area contributed by atoms with Gasteiger partial charge in [-0.15, -0.1) is 0 Å². The molecule has 0 spiro atoms. The van der Waals surface area contributed by atoms with Gasteiger partial charge in [-0.05, 0) is 43.2 Å². The van der Waals surface area contributed by atoms with Gasteiger partial charge in [-0.2, -0.15) is 0 Å². The summed E-state index contributed by atoms with van der Waals surface area (Å²) >= 11 is 0. The van der Waals surface area contributed by atoms with Crippen molar-refractivity contribution >= 4 is 16.9 Å². The summed E-state index contributed by atoms with van der Waals surface area (Å²) in [5.74, 6) is 6.19. The van der Waals surface area contributed by atoms with E-state index in [4.69, 9.17) is 5.84 Å². The number of aromatic nitrogens is 3. The zero-order valence-corrected chi connectivity index (χ0v) is 11.6. The Bertz CT molecular complexity index is 760. The summed E-state index contributed by atoms with van der Waals surface area (Å²) < 4.78 is 2.11. The lowest BCUT2D eigenvalue weighted by Gasteiger charge is -2.09. The molecule has 0 atom stereocenters. The fourth-order valence-electron chi connectivity index (χ4n) is 2.32. The molecule has 0 saturated carbocycles. The molecule has 0 aliphatic rings. The Morgan fingerprint density at radius 3 is 2.80 bits per heavy atom. The number of fused-ring (bicyclic) bond motifs is 1. The van der Waals surface area contributed by atoms with Crippen molar-refractivity contribution in [1.82, 2.24) is 14.5 Å². The van der Waals surface area contributed by atoms with Crippen LogP contribution in [0.5, 0.6) is 0 Å². The summed E-state index contributed by atoms with van der Waals surface area (Å²) in [6, 6.07) is 8.20. The van der Waals surface area contributed by atoms with Gasteiger partial charge in [-0.25, -0.2) is 15.8 Å². The first-order valence-electron chi connectivity index (χ1n) is 6.51. The molecule has 3 rings (SSSR count). The molecule has 3 aromatic rings. The Morgan fingerprint density at radius 2 is 2.00 bits per heavy atom. The molecule has 0 radical (unpaired) electrons. The maximum atomic E-state index is 5.50. The minimum atomic E-state index is 0.687. The molecule has 1 aromatic carbocycles. The molecule has 0 aliphatic carbocycles. The van der Waals surface area contributed by atoms with E-state index >= 15 is 0 Å². The van der Waals surface area contributed by atoms with Crippen LogP contribution in [0.4, 0.5) is 5.82 Å². The molecule has 0 fully saturated rings. The van der Waals surface area contributed by atoms with Crippen LogP contribution in [-0.4, -0.2) is 14.5 Å². The fourth-order valence-corrected chi connectivity index (χ4v) is 2.32. The molecule has 0 aliphatic heterocycles. The Kier molecular flexibility index (Phi) is 3.12. The molecule has 2 heterocycles. The maximum Gasteiger partial charge on any atom is 0.144 e. The number of nitrogen functional groups attached to an aromatic ring is 1. The molecule has 5 nitrogen and oxygen atoms in total. The number of nitrogens with zero attached hydrogens (tertiary/aromatic N) is 3. The van der Waals surface area contributed by atoms with Crippen molar-refractivity contribution in [3.63, 3.8) is 0 Å². The molecule has 3 N–H and O–H groups in total. The van der Waals surface area contributed by atoms with Gasteiger partial charge in [-0.3, -0.25) is 0 Å². The van der Waals surface area contributed by atoms with Crippen molar-refractivity contribution in [2.45, 2.75) is 20.4 Å². The van der Waals surface area contributed by atoms with Gasteiger partial charge in [-0.1, -0.05) is 6.07 Å². The Hall–Kier alpha value is -2.40. The summed E-state index contributed by atoms with van der Waals surface area (Å²) in [7, 11) is 0. The normalized spacial score (nSPS) is 10.9. The monoisotopic (exact) mass is 267 g/mol. The SMILES string of the molecule is Cc1cc2ncn(Cc3cccnc3NN)c2cc1C. The predicted octanol–water partition coefficient (Wildman–Crippen LogP) is 2.38. The second-order valence-corrected chi connectivity index (χ2v) is 4.95. The van der Waals surface area contributed by atoms with Gasteiger partial charge >= 0.3 is 0 Å². The van der Waals surface area contributed by atoms with Crippen LogP contribution in [0.15, 0.2) is 36.8 Å². The Morgan fingerprint density at radius 1 is 1.20 bits per heavy atom. The first-order chi connectivity index (χ1) is 9.69. The second-order valence-electron chi connectivity index (χ2n) is 4.95. The zero-order valence-electron chi connectivity index (χ0n) is 11.6. The standard InChI is InChI=1S/C15H17N5/c1-10-6-13-14(7-11(10)2)20(9-18-13)8-12-4-3-5-17-15(12)19-16/h3-7,9H,8,16H2,1-2H3,(H,17,19). The quantitative estimate of drug-likeness (QED) is 0.564. The summed E-state index contributed by atoms with van der Waals surface area (Å²) in [6.45, 7) is 4.90. The van der Waals surface area contributed by atoms with Crippen LogP contribution in [0.25, 0.3) is 11.0 Å². The summed E-state index contributed by atoms with van der Waals surface area (Å²) in [6.07, 6.45) is 3.58. The largest absolute Gasteiger partial charge is 0.326 e. The highest BCUT2D eigenvalue weighted by molar-refractivity contribution is 5.77. The number of anilines is 1. The molecule has 0 unspecified atom stereocenters. The first-order valence-corrected chi connectivity index (χ1v) is 6.51. The number of imidazole rings is 1. The smallest absolute Gasteiger partial charge is 0.144 e. The molecular formula is C15H17N5. The maximum absolute atomic E-state index is 5.50.